The lowest BCUT2D eigenvalue weighted by Gasteiger charge is -2.45. The molecule has 0 heterocycles. The molecule has 0 aliphatic heterocycles. The van der Waals surface area contributed by atoms with Crippen molar-refractivity contribution in [2.24, 2.45) is 5.92 Å². The van der Waals surface area contributed by atoms with Gasteiger partial charge in [-0.25, -0.2) is 0 Å². The van der Waals surface area contributed by atoms with Gasteiger partial charge in [-0.2, -0.15) is 0 Å². The van der Waals surface area contributed by atoms with Gasteiger partial charge in [-0.3, -0.25) is 0 Å². The van der Waals surface area contributed by atoms with Crippen molar-refractivity contribution in [1.82, 2.24) is 0 Å². The van der Waals surface area contributed by atoms with Gasteiger partial charge in [-0.15, -0.1) is 0 Å². The van der Waals surface area contributed by atoms with Crippen LogP contribution in [0, 0.1) is 5.92 Å². The molecule has 18 heavy (non-hydrogen) atoms. The average Bonchev–Trinajstić information content (AvgIpc) is 2.26. The van der Waals surface area contributed by atoms with Crippen molar-refractivity contribution in [1.29, 1.82) is 0 Å². The summed E-state index contributed by atoms with van der Waals surface area (Å²) in [6.07, 6.45) is 5.87. The van der Waals surface area contributed by atoms with Gasteiger partial charge >= 0.3 is 0 Å². The Hall–Kier alpha value is 0.177. The highest BCUT2D eigenvalue weighted by atomic mass is 28.4. The van der Waals surface area contributed by atoms with Crippen LogP contribution in [-0.4, -0.2) is 14.4 Å². The zero-order chi connectivity index (χ0) is 13.9. The first kappa shape index (κ1) is 16.2. The molecule has 0 atom stereocenters. The Bertz CT molecular complexity index is 218. The first-order chi connectivity index (χ1) is 8.30. The third-order valence-electron chi connectivity index (χ3n) is 5.04. The van der Waals surface area contributed by atoms with Gasteiger partial charge < -0.3 is 4.43 Å². The smallest absolute Gasteiger partial charge is 0.200 e. The highest BCUT2D eigenvalue weighted by molar-refractivity contribution is 6.77. The van der Waals surface area contributed by atoms with Crippen LogP contribution in [0.25, 0.3) is 0 Å². The van der Waals surface area contributed by atoms with Crippen molar-refractivity contribution < 1.29 is 4.43 Å². The van der Waals surface area contributed by atoms with E-state index in [9.17, 15) is 0 Å². The van der Waals surface area contributed by atoms with E-state index in [1.165, 1.54) is 25.7 Å². The van der Waals surface area contributed by atoms with Gasteiger partial charge in [0, 0.05) is 6.10 Å². The van der Waals surface area contributed by atoms with Crippen LogP contribution in [0.15, 0.2) is 0 Å². The van der Waals surface area contributed by atoms with Gasteiger partial charge in [0.25, 0.3) is 0 Å². The molecule has 1 nitrogen and oxygen atoms in total. The van der Waals surface area contributed by atoms with Crippen molar-refractivity contribution in [2.75, 3.05) is 0 Å². The van der Waals surface area contributed by atoms with Crippen LogP contribution in [0.5, 0.6) is 0 Å². The molecular weight excluding hydrogens is 236 g/mol. The zero-order valence-corrected chi connectivity index (χ0v) is 14.6. The Labute approximate surface area is 116 Å². The van der Waals surface area contributed by atoms with Gasteiger partial charge in [-0.05, 0) is 48.2 Å². The summed E-state index contributed by atoms with van der Waals surface area (Å²) in [7, 11) is -1.64. The second-order valence-corrected chi connectivity index (χ2v) is 12.7. The standard InChI is InChI=1S/C16H34OSi/c1-12(2)18(13(3)4,14(5)6)17-16-10-8-15(7)9-11-16/h12-16H,8-11H2,1-7H3. The topological polar surface area (TPSA) is 9.23 Å². The van der Waals surface area contributed by atoms with Crippen LogP contribution >= 0.6 is 0 Å². The third-order valence-corrected chi connectivity index (χ3v) is 11.2. The molecule has 0 saturated heterocycles. The van der Waals surface area contributed by atoms with E-state index in [1.54, 1.807) is 0 Å². The molecule has 1 rings (SSSR count). The average molecular weight is 271 g/mol. The van der Waals surface area contributed by atoms with E-state index in [1.807, 2.05) is 0 Å². The summed E-state index contributed by atoms with van der Waals surface area (Å²) < 4.78 is 6.85. The van der Waals surface area contributed by atoms with E-state index >= 15 is 0 Å². The number of hydrogen-bond acceptors (Lipinski definition) is 1. The Balaban J connectivity index is 2.78. The maximum absolute atomic E-state index is 6.85. The minimum Gasteiger partial charge on any atom is -0.413 e. The fourth-order valence-electron chi connectivity index (χ4n) is 4.04. The highest BCUT2D eigenvalue weighted by Gasteiger charge is 2.46. The Morgan fingerprint density at radius 2 is 1.17 bits per heavy atom. The van der Waals surface area contributed by atoms with Crippen LogP contribution in [-0.2, 0) is 4.43 Å². The maximum atomic E-state index is 6.85. The van der Waals surface area contributed by atoms with Crippen molar-refractivity contribution >= 4 is 8.32 Å². The van der Waals surface area contributed by atoms with Gasteiger partial charge in [0.1, 0.15) is 0 Å². The Kier molecular flexibility index (Phi) is 5.92. The molecule has 0 bridgehead atoms. The van der Waals surface area contributed by atoms with Gasteiger partial charge in [-0.1, -0.05) is 48.5 Å². The van der Waals surface area contributed by atoms with E-state index in [0.717, 1.165) is 22.5 Å². The molecule has 0 radical (unpaired) electrons. The molecule has 0 spiro atoms. The fourth-order valence-corrected chi connectivity index (χ4v) is 9.67. The summed E-state index contributed by atoms with van der Waals surface area (Å²) in [5.74, 6) is 0.915. The van der Waals surface area contributed by atoms with Crippen LogP contribution < -0.4 is 0 Å². The summed E-state index contributed by atoms with van der Waals surface area (Å²) in [6.45, 7) is 16.7. The largest absolute Gasteiger partial charge is 0.413 e. The molecule has 0 aromatic rings. The van der Waals surface area contributed by atoms with E-state index in [4.69, 9.17) is 4.43 Å². The fraction of sp³-hybridized carbons (Fsp3) is 1.00. The normalized spacial score (nSPS) is 26.3. The van der Waals surface area contributed by atoms with Gasteiger partial charge in [0.05, 0.1) is 0 Å². The molecule has 0 amide bonds. The Morgan fingerprint density at radius 3 is 1.50 bits per heavy atom. The van der Waals surface area contributed by atoms with E-state index in [0.29, 0.717) is 6.10 Å². The molecule has 0 aromatic heterocycles. The summed E-state index contributed by atoms with van der Waals surface area (Å²) in [5.41, 5.74) is 2.16. The van der Waals surface area contributed by atoms with Crippen LogP contribution in [0.4, 0.5) is 0 Å². The van der Waals surface area contributed by atoms with Gasteiger partial charge in [0.15, 0.2) is 0 Å². The van der Waals surface area contributed by atoms with E-state index < -0.39 is 8.32 Å². The first-order valence-corrected chi connectivity index (χ1v) is 10.1. The summed E-state index contributed by atoms with van der Waals surface area (Å²) in [5, 5.41) is 0. The molecule has 0 N–H and O–H groups in total. The summed E-state index contributed by atoms with van der Waals surface area (Å²) in [4.78, 5) is 0. The molecule has 1 fully saturated rings. The lowest BCUT2D eigenvalue weighted by molar-refractivity contribution is 0.115. The zero-order valence-electron chi connectivity index (χ0n) is 13.6. The van der Waals surface area contributed by atoms with Crippen LogP contribution in [0.1, 0.15) is 74.1 Å². The van der Waals surface area contributed by atoms with Crippen molar-refractivity contribution in [2.45, 2.75) is 96.9 Å². The molecular formula is C16H34OSi. The maximum Gasteiger partial charge on any atom is 0.200 e. The van der Waals surface area contributed by atoms with E-state index in [2.05, 4.69) is 48.5 Å². The predicted molar refractivity (Wildman–Crippen MR) is 83.6 cm³/mol. The molecule has 2 heteroatoms. The minimum absolute atomic E-state index is 0.556. The van der Waals surface area contributed by atoms with Crippen LogP contribution in [0.3, 0.4) is 0 Å². The molecule has 0 unspecified atom stereocenters. The molecule has 1 saturated carbocycles. The second kappa shape index (κ2) is 6.56. The first-order valence-electron chi connectivity index (χ1n) is 7.98. The van der Waals surface area contributed by atoms with Gasteiger partial charge in [0.2, 0.25) is 8.32 Å². The molecule has 0 aromatic carbocycles. The SMILES string of the molecule is CC1CCC(O[Si](C(C)C)(C(C)C)C(C)C)CC1. The quantitative estimate of drug-likeness (QED) is 0.577. The third kappa shape index (κ3) is 3.39. The van der Waals surface area contributed by atoms with Crippen molar-refractivity contribution in [3.05, 3.63) is 0 Å². The number of rotatable bonds is 5. The van der Waals surface area contributed by atoms with Crippen molar-refractivity contribution in [3.8, 4) is 0 Å². The molecule has 1 aliphatic rings. The summed E-state index contributed by atoms with van der Waals surface area (Å²) >= 11 is 0. The molecule has 108 valence electrons. The van der Waals surface area contributed by atoms with E-state index in [-0.39, 0.29) is 0 Å². The second-order valence-electron chi connectivity index (χ2n) is 7.32. The predicted octanol–water partition coefficient (Wildman–Crippen LogP) is 5.76. The summed E-state index contributed by atoms with van der Waals surface area (Å²) in [6, 6.07) is 0. The Morgan fingerprint density at radius 1 is 0.778 bits per heavy atom. The molecule has 1 aliphatic carbocycles. The monoisotopic (exact) mass is 270 g/mol. The van der Waals surface area contributed by atoms with Crippen LogP contribution in [0.2, 0.25) is 16.6 Å². The number of hydrogen-bond donors (Lipinski definition) is 0. The highest BCUT2D eigenvalue weighted by Crippen LogP contribution is 2.44. The lowest BCUT2D eigenvalue weighted by Crippen LogP contribution is -2.50. The van der Waals surface area contributed by atoms with Crippen molar-refractivity contribution in [3.63, 3.8) is 0 Å². The lowest BCUT2D eigenvalue weighted by atomic mass is 9.89. The minimum atomic E-state index is -1.64.